The van der Waals surface area contributed by atoms with Crippen molar-refractivity contribution in [3.63, 3.8) is 0 Å². The molecule has 0 atom stereocenters. The number of hydrogen-bond donors (Lipinski definition) is 2. The Morgan fingerprint density at radius 1 is 1.09 bits per heavy atom. The standard InChI is InChI=1S/C15H15N3O4/c1-2-21-15(20)22-12-8-6-11(7-9-12)17-14(19)18-13-5-3-4-10-16-13/h3-10H,2H2,1H3,(H2,16,17,18,19). The number of nitrogens with one attached hydrogen (secondary N) is 2. The van der Waals surface area contributed by atoms with Gasteiger partial charge in [0.2, 0.25) is 0 Å². The number of amides is 2. The number of carbonyl (C=O) groups excluding carboxylic acids is 2. The number of nitrogens with zero attached hydrogens (tertiary/aromatic N) is 1. The van der Waals surface area contributed by atoms with Crippen LogP contribution in [0.5, 0.6) is 5.75 Å². The highest BCUT2D eigenvalue weighted by Gasteiger charge is 2.06. The molecule has 0 fully saturated rings. The molecule has 7 nitrogen and oxygen atoms in total. The van der Waals surface area contributed by atoms with Crippen molar-refractivity contribution in [1.29, 1.82) is 0 Å². The van der Waals surface area contributed by atoms with Crippen molar-refractivity contribution < 1.29 is 19.1 Å². The minimum absolute atomic E-state index is 0.242. The fourth-order valence-corrected chi connectivity index (χ4v) is 1.57. The van der Waals surface area contributed by atoms with Crippen molar-refractivity contribution >= 4 is 23.7 Å². The Kier molecular flexibility index (Phi) is 5.31. The summed E-state index contributed by atoms with van der Waals surface area (Å²) in [5.74, 6) is 0.774. The van der Waals surface area contributed by atoms with Crippen LogP contribution in [0.15, 0.2) is 48.7 Å². The van der Waals surface area contributed by atoms with Gasteiger partial charge in [-0.2, -0.15) is 0 Å². The lowest BCUT2D eigenvalue weighted by Gasteiger charge is -2.08. The zero-order chi connectivity index (χ0) is 15.8. The summed E-state index contributed by atoms with van der Waals surface area (Å²) < 4.78 is 9.57. The first-order valence-electron chi connectivity index (χ1n) is 6.61. The predicted molar refractivity (Wildman–Crippen MR) is 81.0 cm³/mol. The van der Waals surface area contributed by atoms with Crippen LogP contribution in [0.1, 0.15) is 6.92 Å². The second-order valence-corrected chi connectivity index (χ2v) is 4.10. The van der Waals surface area contributed by atoms with Gasteiger partial charge < -0.3 is 14.8 Å². The molecule has 7 heteroatoms. The van der Waals surface area contributed by atoms with E-state index in [1.807, 2.05) is 0 Å². The van der Waals surface area contributed by atoms with Gasteiger partial charge in [-0.05, 0) is 43.3 Å². The highest BCUT2D eigenvalue weighted by atomic mass is 16.7. The molecule has 2 amide bonds. The molecule has 0 aliphatic carbocycles. The lowest BCUT2D eigenvalue weighted by atomic mass is 10.3. The Morgan fingerprint density at radius 3 is 2.50 bits per heavy atom. The topological polar surface area (TPSA) is 89.5 Å². The molecule has 2 rings (SSSR count). The van der Waals surface area contributed by atoms with Gasteiger partial charge in [0.25, 0.3) is 0 Å². The summed E-state index contributed by atoms with van der Waals surface area (Å²) in [4.78, 5) is 26.9. The van der Waals surface area contributed by atoms with Crippen LogP contribution in [0.2, 0.25) is 0 Å². The SMILES string of the molecule is CCOC(=O)Oc1ccc(NC(=O)Nc2ccccn2)cc1. The molecule has 2 aromatic rings. The number of hydrogen-bond acceptors (Lipinski definition) is 5. The Balaban J connectivity index is 1.88. The average molecular weight is 301 g/mol. The Hall–Kier alpha value is -3.09. The van der Waals surface area contributed by atoms with Gasteiger partial charge in [-0.25, -0.2) is 14.6 Å². The van der Waals surface area contributed by atoms with Gasteiger partial charge in [-0.1, -0.05) is 6.07 Å². The third kappa shape index (κ3) is 4.78. The normalized spacial score (nSPS) is 9.68. The Morgan fingerprint density at radius 2 is 1.86 bits per heavy atom. The van der Waals surface area contributed by atoms with Crippen molar-refractivity contribution in [3.05, 3.63) is 48.7 Å². The largest absolute Gasteiger partial charge is 0.513 e. The third-order valence-corrected chi connectivity index (χ3v) is 2.48. The number of benzene rings is 1. The molecule has 0 unspecified atom stereocenters. The van der Waals surface area contributed by atoms with Crippen molar-refractivity contribution in [2.75, 3.05) is 17.2 Å². The Bertz CT molecular complexity index is 629. The van der Waals surface area contributed by atoms with Gasteiger partial charge in [0.05, 0.1) is 6.61 Å². The maximum absolute atomic E-state index is 11.8. The Labute approximate surface area is 127 Å². The highest BCUT2D eigenvalue weighted by Crippen LogP contribution is 2.16. The molecular weight excluding hydrogens is 286 g/mol. The number of aromatic nitrogens is 1. The summed E-state index contributed by atoms with van der Waals surface area (Å²) in [6, 6.07) is 11.1. The van der Waals surface area contributed by atoms with Gasteiger partial charge in [0, 0.05) is 11.9 Å². The van der Waals surface area contributed by atoms with Crippen LogP contribution in [0.4, 0.5) is 21.1 Å². The van der Waals surface area contributed by atoms with E-state index in [-0.39, 0.29) is 6.61 Å². The first-order chi connectivity index (χ1) is 10.7. The molecule has 0 saturated heterocycles. The smallest absolute Gasteiger partial charge is 0.434 e. The van der Waals surface area contributed by atoms with E-state index >= 15 is 0 Å². The van der Waals surface area contributed by atoms with Crippen LogP contribution in [0.3, 0.4) is 0 Å². The van der Waals surface area contributed by atoms with Gasteiger partial charge in [0.1, 0.15) is 11.6 Å². The molecule has 0 bridgehead atoms. The van der Waals surface area contributed by atoms with E-state index in [0.717, 1.165) is 0 Å². The van der Waals surface area contributed by atoms with Crippen LogP contribution < -0.4 is 15.4 Å². The van der Waals surface area contributed by atoms with Gasteiger partial charge in [-0.3, -0.25) is 5.32 Å². The molecule has 2 N–H and O–H groups in total. The van der Waals surface area contributed by atoms with E-state index in [1.54, 1.807) is 55.6 Å². The number of rotatable bonds is 4. The van der Waals surface area contributed by atoms with Crippen molar-refractivity contribution in [3.8, 4) is 5.75 Å². The zero-order valence-corrected chi connectivity index (χ0v) is 11.9. The predicted octanol–water partition coefficient (Wildman–Crippen LogP) is 3.26. The minimum Gasteiger partial charge on any atom is -0.434 e. The molecule has 22 heavy (non-hydrogen) atoms. The number of carbonyl (C=O) groups is 2. The van der Waals surface area contributed by atoms with Crippen LogP contribution in [-0.2, 0) is 4.74 Å². The summed E-state index contributed by atoms with van der Waals surface area (Å²) >= 11 is 0. The van der Waals surface area contributed by atoms with E-state index < -0.39 is 12.2 Å². The maximum atomic E-state index is 11.8. The van der Waals surface area contributed by atoms with Gasteiger partial charge in [-0.15, -0.1) is 0 Å². The first kappa shape index (κ1) is 15.3. The van der Waals surface area contributed by atoms with E-state index in [0.29, 0.717) is 17.3 Å². The molecule has 0 aliphatic rings. The summed E-state index contributed by atoms with van der Waals surface area (Å²) in [6.45, 7) is 1.93. The van der Waals surface area contributed by atoms with Crippen molar-refractivity contribution in [2.45, 2.75) is 6.92 Å². The lowest BCUT2D eigenvalue weighted by molar-refractivity contribution is 0.104. The monoisotopic (exact) mass is 301 g/mol. The molecular formula is C15H15N3O4. The second kappa shape index (κ2) is 7.63. The molecule has 0 radical (unpaired) electrons. The summed E-state index contributed by atoms with van der Waals surface area (Å²) in [7, 11) is 0. The van der Waals surface area contributed by atoms with Gasteiger partial charge >= 0.3 is 12.2 Å². The third-order valence-electron chi connectivity index (χ3n) is 2.48. The molecule has 1 heterocycles. The lowest BCUT2D eigenvalue weighted by Crippen LogP contribution is -2.19. The minimum atomic E-state index is -0.767. The van der Waals surface area contributed by atoms with Crippen LogP contribution >= 0.6 is 0 Å². The van der Waals surface area contributed by atoms with Crippen LogP contribution in [-0.4, -0.2) is 23.8 Å². The quantitative estimate of drug-likeness (QED) is 0.668. The van der Waals surface area contributed by atoms with E-state index in [2.05, 4.69) is 20.4 Å². The van der Waals surface area contributed by atoms with Crippen molar-refractivity contribution in [2.24, 2.45) is 0 Å². The molecule has 1 aromatic heterocycles. The van der Waals surface area contributed by atoms with E-state index in [1.165, 1.54) is 0 Å². The summed E-state index contributed by atoms with van der Waals surface area (Å²) in [5, 5.41) is 5.22. The average Bonchev–Trinajstić information content (AvgIpc) is 2.50. The van der Waals surface area contributed by atoms with Crippen LogP contribution in [0, 0.1) is 0 Å². The summed E-state index contributed by atoms with van der Waals surface area (Å²) in [5.41, 5.74) is 0.546. The number of ether oxygens (including phenoxy) is 2. The van der Waals surface area contributed by atoms with Gasteiger partial charge in [0.15, 0.2) is 0 Å². The fourth-order valence-electron chi connectivity index (χ4n) is 1.57. The van der Waals surface area contributed by atoms with Crippen LogP contribution in [0.25, 0.3) is 0 Å². The molecule has 114 valence electrons. The number of anilines is 2. The fraction of sp³-hybridized carbons (Fsp3) is 0.133. The summed E-state index contributed by atoms with van der Waals surface area (Å²) in [6.07, 6.45) is 0.813. The number of pyridine rings is 1. The maximum Gasteiger partial charge on any atom is 0.513 e. The number of urea groups is 1. The second-order valence-electron chi connectivity index (χ2n) is 4.10. The highest BCUT2D eigenvalue weighted by molar-refractivity contribution is 5.99. The zero-order valence-electron chi connectivity index (χ0n) is 11.9. The molecule has 0 saturated carbocycles. The molecule has 0 spiro atoms. The van der Waals surface area contributed by atoms with E-state index in [9.17, 15) is 9.59 Å². The molecule has 1 aromatic carbocycles. The van der Waals surface area contributed by atoms with Crippen molar-refractivity contribution in [1.82, 2.24) is 4.98 Å². The van der Waals surface area contributed by atoms with E-state index in [4.69, 9.17) is 4.74 Å². The molecule has 0 aliphatic heterocycles. The first-order valence-corrected chi connectivity index (χ1v) is 6.61.